The minimum atomic E-state index is -3.94. The fourth-order valence-electron chi connectivity index (χ4n) is 3.68. The first-order valence-electron chi connectivity index (χ1n) is 10.4. The third kappa shape index (κ3) is 6.60. The van der Waals surface area contributed by atoms with E-state index in [-0.39, 0.29) is 18.0 Å². The van der Waals surface area contributed by atoms with Crippen molar-refractivity contribution < 1.29 is 13.2 Å². The predicted octanol–water partition coefficient (Wildman–Crippen LogP) is 4.72. The Morgan fingerprint density at radius 3 is 2.30 bits per heavy atom. The van der Waals surface area contributed by atoms with Crippen LogP contribution in [0.3, 0.4) is 0 Å². The number of nitrogens with one attached hydrogen (secondary N) is 1. The SMILES string of the molecule is Cc1cc(C)c(S(=O)(=O)N(CC(=O)N/N=C\c2cccc(Br)c2)Cc2ccccc2)c(C)c1. The summed E-state index contributed by atoms with van der Waals surface area (Å²) in [6.45, 7) is 5.18. The molecule has 0 radical (unpaired) electrons. The Morgan fingerprint density at radius 2 is 1.67 bits per heavy atom. The van der Waals surface area contributed by atoms with Crippen molar-refractivity contribution in [2.75, 3.05) is 6.54 Å². The van der Waals surface area contributed by atoms with Crippen molar-refractivity contribution in [3.05, 3.63) is 99.0 Å². The number of nitrogens with zero attached hydrogens (tertiary/aromatic N) is 2. The van der Waals surface area contributed by atoms with Crippen LogP contribution in [0.25, 0.3) is 0 Å². The number of hydrogen-bond acceptors (Lipinski definition) is 4. The summed E-state index contributed by atoms with van der Waals surface area (Å²) in [4.78, 5) is 12.9. The number of hydrazone groups is 1. The second-order valence-electron chi connectivity index (χ2n) is 7.83. The average Bonchev–Trinajstić information content (AvgIpc) is 2.73. The summed E-state index contributed by atoms with van der Waals surface area (Å²) in [7, 11) is -3.94. The highest BCUT2D eigenvalue weighted by atomic mass is 79.9. The van der Waals surface area contributed by atoms with Gasteiger partial charge in [-0.2, -0.15) is 9.41 Å². The van der Waals surface area contributed by atoms with Crippen LogP contribution in [0, 0.1) is 20.8 Å². The molecule has 0 bridgehead atoms. The molecule has 8 heteroatoms. The first-order chi connectivity index (χ1) is 15.7. The van der Waals surface area contributed by atoms with Gasteiger partial charge in [-0.15, -0.1) is 0 Å². The molecule has 0 aromatic heterocycles. The minimum absolute atomic E-state index is 0.0682. The zero-order chi connectivity index (χ0) is 24.0. The summed E-state index contributed by atoms with van der Waals surface area (Å²) >= 11 is 3.38. The van der Waals surface area contributed by atoms with Crippen molar-refractivity contribution in [1.82, 2.24) is 9.73 Å². The number of hydrogen-bond donors (Lipinski definition) is 1. The highest BCUT2D eigenvalue weighted by Crippen LogP contribution is 2.26. The molecule has 0 atom stereocenters. The average molecular weight is 528 g/mol. The molecule has 33 heavy (non-hydrogen) atoms. The summed E-state index contributed by atoms with van der Waals surface area (Å²) in [6.07, 6.45) is 1.51. The molecule has 3 aromatic carbocycles. The molecule has 0 fully saturated rings. The Bertz CT molecular complexity index is 1250. The molecule has 3 rings (SSSR count). The molecule has 0 aliphatic carbocycles. The van der Waals surface area contributed by atoms with Gasteiger partial charge in [0, 0.05) is 11.0 Å². The van der Waals surface area contributed by atoms with E-state index in [2.05, 4.69) is 26.5 Å². The molecular weight excluding hydrogens is 502 g/mol. The van der Waals surface area contributed by atoms with Gasteiger partial charge in [0.15, 0.2) is 0 Å². The van der Waals surface area contributed by atoms with E-state index in [1.807, 2.05) is 73.7 Å². The van der Waals surface area contributed by atoms with E-state index in [1.165, 1.54) is 10.5 Å². The zero-order valence-corrected chi connectivity index (χ0v) is 21.2. The van der Waals surface area contributed by atoms with Crippen LogP contribution >= 0.6 is 15.9 Å². The van der Waals surface area contributed by atoms with Crippen molar-refractivity contribution in [3.8, 4) is 0 Å². The Kier molecular flexibility index (Phi) is 8.18. The van der Waals surface area contributed by atoms with E-state index in [0.717, 1.165) is 21.2 Å². The van der Waals surface area contributed by atoms with Gasteiger partial charge in [-0.3, -0.25) is 4.79 Å². The minimum Gasteiger partial charge on any atom is -0.272 e. The Morgan fingerprint density at radius 1 is 1.00 bits per heavy atom. The quantitative estimate of drug-likeness (QED) is 0.340. The van der Waals surface area contributed by atoms with Gasteiger partial charge in [0.25, 0.3) is 5.91 Å². The topological polar surface area (TPSA) is 78.8 Å². The van der Waals surface area contributed by atoms with E-state index < -0.39 is 15.9 Å². The van der Waals surface area contributed by atoms with E-state index >= 15 is 0 Å². The molecule has 0 saturated heterocycles. The monoisotopic (exact) mass is 527 g/mol. The number of carbonyl (C=O) groups is 1. The van der Waals surface area contributed by atoms with E-state index in [1.54, 1.807) is 13.8 Å². The maximum atomic E-state index is 13.7. The number of amides is 1. The lowest BCUT2D eigenvalue weighted by Crippen LogP contribution is -2.39. The standard InChI is InChI=1S/C25H26BrN3O3S/c1-18-12-19(2)25(20(3)13-18)33(31,32)29(16-21-8-5-4-6-9-21)17-24(30)28-27-15-22-10-7-11-23(26)14-22/h4-15H,16-17H2,1-3H3,(H,28,30)/b27-15-. The highest BCUT2D eigenvalue weighted by molar-refractivity contribution is 9.10. The number of sulfonamides is 1. The second-order valence-corrected chi connectivity index (χ2v) is 10.6. The lowest BCUT2D eigenvalue weighted by molar-refractivity contribution is -0.121. The number of carbonyl (C=O) groups excluding carboxylic acids is 1. The highest BCUT2D eigenvalue weighted by Gasteiger charge is 2.29. The summed E-state index contributed by atoms with van der Waals surface area (Å²) in [5.74, 6) is -0.525. The smallest absolute Gasteiger partial charge is 0.255 e. The van der Waals surface area contributed by atoms with Crippen LogP contribution in [0.5, 0.6) is 0 Å². The first kappa shape index (κ1) is 24.8. The van der Waals surface area contributed by atoms with Gasteiger partial charge in [0.2, 0.25) is 10.0 Å². The summed E-state index contributed by atoms with van der Waals surface area (Å²) in [6, 6.07) is 20.3. The fourth-order valence-corrected chi connectivity index (χ4v) is 5.89. The van der Waals surface area contributed by atoms with Gasteiger partial charge in [0.05, 0.1) is 17.7 Å². The van der Waals surface area contributed by atoms with Crippen LogP contribution in [-0.2, 0) is 21.4 Å². The normalized spacial score (nSPS) is 11.8. The largest absolute Gasteiger partial charge is 0.272 e. The number of rotatable bonds is 8. The van der Waals surface area contributed by atoms with Gasteiger partial charge in [-0.1, -0.05) is 76.1 Å². The van der Waals surface area contributed by atoms with Crippen LogP contribution in [-0.4, -0.2) is 31.4 Å². The van der Waals surface area contributed by atoms with Crippen LogP contribution in [0.15, 0.2) is 81.2 Å². The molecule has 0 unspecified atom stereocenters. The van der Waals surface area contributed by atoms with Crippen LogP contribution in [0.2, 0.25) is 0 Å². The zero-order valence-electron chi connectivity index (χ0n) is 18.7. The maximum Gasteiger partial charge on any atom is 0.255 e. The molecule has 3 aromatic rings. The summed E-state index contributed by atoms with van der Waals surface area (Å²) in [5.41, 5.74) is 6.31. The molecule has 0 heterocycles. The summed E-state index contributed by atoms with van der Waals surface area (Å²) < 4.78 is 29.4. The molecule has 0 saturated carbocycles. The molecule has 0 aliphatic heterocycles. The molecule has 0 aliphatic rings. The van der Waals surface area contributed by atoms with Crippen LogP contribution in [0.4, 0.5) is 0 Å². The Hall–Kier alpha value is -2.81. The summed E-state index contributed by atoms with van der Waals surface area (Å²) in [5, 5.41) is 3.98. The lowest BCUT2D eigenvalue weighted by Gasteiger charge is -2.24. The Balaban J connectivity index is 1.86. The van der Waals surface area contributed by atoms with Crippen molar-refractivity contribution in [2.45, 2.75) is 32.2 Å². The molecule has 172 valence electrons. The van der Waals surface area contributed by atoms with Crippen molar-refractivity contribution in [1.29, 1.82) is 0 Å². The molecule has 0 spiro atoms. The first-order valence-corrected chi connectivity index (χ1v) is 12.6. The van der Waals surface area contributed by atoms with Crippen LogP contribution < -0.4 is 5.43 Å². The van der Waals surface area contributed by atoms with Gasteiger partial charge in [0.1, 0.15) is 0 Å². The molecule has 6 nitrogen and oxygen atoms in total. The number of aryl methyl sites for hydroxylation is 3. The molecule has 1 N–H and O–H groups in total. The van der Waals surface area contributed by atoms with Crippen molar-refractivity contribution in [3.63, 3.8) is 0 Å². The van der Waals surface area contributed by atoms with E-state index in [9.17, 15) is 13.2 Å². The predicted molar refractivity (Wildman–Crippen MR) is 135 cm³/mol. The van der Waals surface area contributed by atoms with Gasteiger partial charge in [-0.25, -0.2) is 13.8 Å². The van der Waals surface area contributed by atoms with E-state index in [0.29, 0.717) is 11.1 Å². The maximum absolute atomic E-state index is 13.7. The van der Waals surface area contributed by atoms with E-state index in [4.69, 9.17) is 0 Å². The third-order valence-corrected chi connectivity index (χ3v) is 7.57. The van der Waals surface area contributed by atoms with Gasteiger partial charge in [-0.05, 0) is 55.2 Å². The Labute approximate surface area is 203 Å². The van der Waals surface area contributed by atoms with Crippen molar-refractivity contribution >= 4 is 38.1 Å². The third-order valence-electron chi connectivity index (χ3n) is 4.98. The molecule has 1 amide bonds. The number of benzene rings is 3. The second kappa shape index (κ2) is 10.9. The fraction of sp³-hybridized carbons (Fsp3) is 0.200. The van der Waals surface area contributed by atoms with Crippen LogP contribution in [0.1, 0.15) is 27.8 Å². The van der Waals surface area contributed by atoms with Gasteiger partial charge >= 0.3 is 0 Å². The van der Waals surface area contributed by atoms with Gasteiger partial charge < -0.3 is 0 Å². The lowest BCUT2D eigenvalue weighted by atomic mass is 10.1. The molecular formula is C25H26BrN3O3S. The van der Waals surface area contributed by atoms with Crippen molar-refractivity contribution in [2.24, 2.45) is 5.10 Å². The number of halogens is 1.